The van der Waals surface area contributed by atoms with E-state index in [4.69, 9.17) is 0 Å². The van der Waals surface area contributed by atoms with Gasteiger partial charge in [0.1, 0.15) is 6.33 Å². The Kier molecular flexibility index (Phi) is 4.23. The first-order valence-electron chi connectivity index (χ1n) is 9.83. The van der Waals surface area contributed by atoms with E-state index in [1.54, 1.807) is 0 Å². The number of imidazole rings is 1. The van der Waals surface area contributed by atoms with E-state index in [0.29, 0.717) is 0 Å². The predicted octanol–water partition coefficient (Wildman–Crippen LogP) is 3.60. The van der Waals surface area contributed by atoms with Gasteiger partial charge in [0.25, 0.3) is 0 Å². The largest absolute Gasteiger partial charge is 0.312 e. The molecule has 1 saturated carbocycles. The average molecular weight is 346 g/mol. The summed E-state index contributed by atoms with van der Waals surface area (Å²) in [6.45, 7) is 4.69. The van der Waals surface area contributed by atoms with Crippen molar-refractivity contribution in [2.75, 3.05) is 19.6 Å². The van der Waals surface area contributed by atoms with Crippen LogP contribution in [0.3, 0.4) is 0 Å². The smallest absolute Gasteiger partial charge is 0.100 e. The molecule has 2 heterocycles. The third kappa shape index (κ3) is 3.27. The van der Waals surface area contributed by atoms with Crippen molar-refractivity contribution < 1.29 is 0 Å². The second-order valence-corrected chi connectivity index (χ2v) is 7.78. The van der Waals surface area contributed by atoms with Crippen LogP contribution in [0.25, 0.3) is 16.7 Å². The average Bonchev–Trinajstić information content (AvgIpc) is 3.27. The molecule has 1 aliphatic carbocycles. The highest BCUT2D eigenvalue weighted by atomic mass is 15.2. The van der Waals surface area contributed by atoms with Gasteiger partial charge in [-0.25, -0.2) is 4.98 Å². The van der Waals surface area contributed by atoms with Gasteiger partial charge in [-0.05, 0) is 68.1 Å². The minimum atomic E-state index is 0.826. The molecule has 1 aromatic heterocycles. The number of likely N-dealkylation sites (tertiary alicyclic amines) is 1. The van der Waals surface area contributed by atoms with Gasteiger partial charge in [0.05, 0.1) is 11.0 Å². The van der Waals surface area contributed by atoms with Crippen LogP contribution in [0.15, 0.2) is 54.9 Å². The zero-order valence-corrected chi connectivity index (χ0v) is 15.1. The minimum absolute atomic E-state index is 0.826. The Morgan fingerprint density at radius 2 is 1.85 bits per heavy atom. The van der Waals surface area contributed by atoms with Crippen molar-refractivity contribution in [2.24, 2.45) is 5.92 Å². The van der Waals surface area contributed by atoms with Crippen LogP contribution in [-0.2, 0) is 6.54 Å². The van der Waals surface area contributed by atoms with Crippen LogP contribution in [0.1, 0.15) is 24.8 Å². The molecule has 0 spiro atoms. The number of fused-ring (bicyclic) bond motifs is 1. The Labute approximate surface area is 154 Å². The number of para-hydroxylation sites is 2. The second-order valence-electron chi connectivity index (χ2n) is 7.78. The molecule has 26 heavy (non-hydrogen) atoms. The first kappa shape index (κ1) is 16.0. The number of hydrogen-bond acceptors (Lipinski definition) is 3. The summed E-state index contributed by atoms with van der Waals surface area (Å²) in [5, 5.41) is 3.66. The van der Waals surface area contributed by atoms with Crippen LogP contribution < -0.4 is 5.32 Å². The molecule has 0 amide bonds. The lowest BCUT2D eigenvalue weighted by atomic mass is 10.1. The van der Waals surface area contributed by atoms with Crippen LogP contribution in [0.2, 0.25) is 0 Å². The van der Waals surface area contributed by atoms with Gasteiger partial charge in [0.2, 0.25) is 0 Å². The number of hydrogen-bond donors (Lipinski definition) is 1. The van der Waals surface area contributed by atoms with Crippen LogP contribution in [0, 0.1) is 5.92 Å². The molecule has 1 saturated heterocycles. The lowest BCUT2D eigenvalue weighted by Gasteiger charge is -2.15. The molecule has 5 rings (SSSR count). The maximum Gasteiger partial charge on any atom is 0.100 e. The van der Waals surface area contributed by atoms with E-state index >= 15 is 0 Å². The van der Waals surface area contributed by atoms with Gasteiger partial charge in [-0.15, -0.1) is 0 Å². The van der Waals surface area contributed by atoms with Crippen molar-refractivity contribution in [2.45, 2.75) is 31.8 Å². The molecule has 4 heteroatoms. The number of aromatic nitrogens is 2. The number of nitrogens with one attached hydrogen (secondary N) is 1. The molecular weight excluding hydrogens is 320 g/mol. The zero-order valence-electron chi connectivity index (χ0n) is 15.1. The molecule has 4 nitrogen and oxygen atoms in total. The predicted molar refractivity (Wildman–Crippen MR) is 105 cm³/mol. The SMILES string of the molecule is c1ccc2c(c1)ncn2-c1ccc(CNCC2CCN(C3CC3)C2)cc1. The first-order valence-corrected chi connectivity index (χ1v) is 9.83. The molecular formula is C22H26N4. The second kappa shape index (κ2) is 6.86. The van der Waals surface area contributed by atoms with Crippen molar-refractivity contribution in [3.63, 3.8) is 0 Å². The molecule has 1 unspecified atom stereocenters. The lowest BCUT2D eigenvalue weighted by Crippen LogP contribution is -2.27. The van der Waals surface area contributed by atoms with Crippen molar-refractivity contribution in [1.29, 1.82) is 0 Å². The third-order valence-electron chi connectivity index (χ3n) is 5.81. The van der Waals surface area contributed by atoms with Gasteiger partial charge in [-0.1, -0.05) is 24.3 Å². The minimum Gasteiger partial charge on any atom is -0.312 e. The summed E-state index contributed by atoms with van der Waals surface area (Å²) in [7, 11) is 0. The maximum atomic E-state index is 4.48. The van der Waals surface area contributed by atoms with Gasteiger partial charge < -0.3 is 10.2 Å². The number of rotatable bonds is 6. The third-order valence-corrected chi connectivity index (χ3v) is 5.81. The van der Waals surface area contributed by atoms with Crippen LogP contribution in [-0.4, -0.2) is 40.1 Å². The summed E-state index contributed by atoms with van der Waals surface area (Å²) in [6, 6.07) is 18.0. The Morgan fingerprint density at radius 3 is 2.69 bits per heavy atom. The van der Waals surface area contributed by atoms with E-state index in [9.17, 15) is 0 Å². The molecule has 1 N–H and O–H groups in total. The zero-order chi connectivity index (χ0) is 17.3. The summed E-state index contributed by atoms with van der Waals surface area (Å²) in [4.78, 5) is 7.17. The Hall–Kier alpha value is -2.17. The Balaban J connectivity index is 1.18. The van der Waals surface area contributed by atoms with Crippen molar-refractivity contribution in [1.82, 2.24) is 19.8 Å². The fourth-order valence-corrected chi connectivity index (χ4v) is 4.16. The van der Waals surface area contributed by atoms with Crippen molar-refractivity contribution >= 4 is 11.0 Å². The van der Waals surface area contributed by atoms with E-state index in [-0.39, 0.29) is 0 Å². The van der Waals surface area contributed by atoms with Gasteiger partial charge >= 0.3 is 0 Å². The summed E-state index contributed by atoms with van der Waals surface area (Å²) < 4.78 is 2.15. The molecule has 2 aromatic carbocycles. The van der Waals surface area contributed by atoms with E-state index in [0.717, 1.165) is 36.1 Å². The summed E-state index contributed by atoms with van der Waals surface area (Å²) in [5.74, 6) is 0.826. The van der Waals surface area contributed by atoms with E-state index < -0.39 is 0 Å². The summed E-state index contributed by atoms with van der Waals surface area (Å²) in [5.41, 5.74) is 4.70. The Morgan fingerprint density at radius 1 is 1.00 bits per heavy atom. The standard InChI is InChI=1S/C22H26N4/c1-2-4-22-21(3-1)24-16-26(22)20-7-5-17(6-8-20)13-23-14-18-11-12-25(15-18)19-9-10-19/h1-8,16,18-19,23H,9-15H2. The fraction of sp³-hybridized carbons (Fsp3) is 0.409. The van der Waals surface area contributed by atoms with Gasteiger partial charge in [-0.2, -0.15) is 0 Å². The number of nitrogens with zero attached hydrogens (tertiary/aromatic N) is 3. The van der Waals surface area contributed by atoms with E-state index in [1.165, 1.54) is 43.6 Å². The summed E-state index contributed by atoms with van der Waals surface area (Å²) >= 11 is 0. The highest BCUT2D eigenvalue weighted by molar-refractivity contribution is 5.77. The van der Waals surface area contributed by atoms with Gasteiger partial charge in [0, 0.05) is 24.8 Å². The van der Waals surface area contributed by atoms with Crippen LogP contribution >= 0.6 is 0 Å². The molecule has 0 bridgehead atoms. The molecule has 0 radical (unpaired) electrons. The van der Waals surface area contributed by atoms with Crippen molar-refractivity contribution in [3.8, 4) is 5.69 Å². The molecule has 134 valence electrons. The van der Waals surface area contributed by atoms with Gasteiger partial charge in [-0.3, -0.25) is 4.57 Å². The number of benzene rings is 2. The molecule has 2 fully saturated rings. The molecule has 3 aromatic rings. The van der Waals surface area contributed by atoms with E-state index in [1.807, 2.05) is 12.4 Å². The monoisotopic (exact) mass is 346 g/mol. The highest BCUT2D eigenvalue weighted by Crippen LogP contribution is 2.31. The topological polar surface area (TPSA) is 33.1 Å². The normalized spacial score (nSPS) is 20.8. The summed E-state index contributed by atoms with van der Waals surface area (Å²) in [6.07, 6.45) is 6.12. The van der Waals surface area contributed by atoms with Crippen LogP contribution in [0.5, 0.6) is 0 Å². The molecule has 1 atom stereocenters. The highest BCUT2D eigenvalue weighted by Gasteiger charge is 2.33. The molecule has 2 aliphatic rings. The van der Waals surface area contributed by atoms with E-state index in [2.05, 4.69) is 62.2 Å². The quantitative estimate of drug-likeness (QED) is 0.740. The van der Waals surface area contributed by atoms with Crippen LogP contribution in [0.4, 0.5) is 0 Å². The van der Waals surface area contributed by atoms with Crippen molar-refractivity contribution in [3.05, 3.63) is 60.4 Å². The molecule has 1 aliphatic heterocycles. The first-order chi connectivity index (χ1) is 12.9. The Bertz CT molecular complexity index is 879. The van der Waals surface area contributed by atoms with Gasteiger partial charge in [0.15, 0.2) is 0 Å². The lowest BCUT2D eigenvalue weighted by molar-refractivity contribution is 0.312. The fourth-order valence-electron chi connectivity index (χ4n) is 4.16. The maximum absolute atomic E-state index is 4.48.